The smallest absolute Gasteiger partial charge is 0.261 e. The summed E-state index contributed by atoms with van der Waals surface area (Å²) in [4.78, 5) is 12.6. The summed E-state index contributed by atoms with van der Waals surface area (Å²) >= 11 is 4.77. The van der Waals surface area contributed by atoms with Gasteiger partial charge in [-0.3, -0.25) is 9.48 Å². The monoisotopic (exact) mass is 313 g/mol. The van der Waals surface area contributed by atoms with Crippen LogP contribution in [-0.4, -0.2) is 21.7 Å². The maximum Gasteiger partial charge on any atom is 0.261 e. The summed E-state index contributed by atoms with van der Waals surface area (Å²) in [6, 6.07) is 5.59. The number of amides is 1. The van der Waals surface area contributed by atoms with Gasteiger partial charge in [0.25, 0.3) is 5.91 Å². The molecule has 90 valence electrons. The number of nitrogens with zero attached hydrogens (tertiary/aromatic N) is 2. The minimum absolute atomic E-state index is 0.0413. The molecule has 0 aliphatic rings. The van der Waals surface area contributed by atoms with E-state index in [0.29, 0.717) is 11.4 Å². The molecule has 1 atom stereocenters. The van der Waals surface area contributed by atoms with Crippen LogP contribution >= 0.6 is 27.3 Å². The third-order valence-corrected chi connectivity index (χ3v) is 3.82. The van der Waals surface area contributed by atoms with Crippen LogP contribution in [0.3, 0.4) is 0 Å². The second-order valence-corrected chi connectivity index (χ2v) is 6.17. The third-order valence-electron chi connectivity index (χ3n) is 2.19. The SMILES string of the molecule is CC(Cn1cccn1)NC(=O)c1ccc(Br)s1. The van der Waals surface area contributed by atoms with E-state index in [1.165, 1.54) is 11.3 Å². The first kappa shape index (κ1) is 12.3. The second-order valence-electron chi connectivity index (χ2n) is 3.71. The minimum atomic E-state index is -0.0413. The van der Waals surface area contributed by atoms with Crippen LogP contribution in [0.5, 0.6) is 0 Å². The predicted octanol–water partition coefficient (Wildman–Crippen LogP) is 2.53. The first-order chi connectivity index (χ1) is 8.15. The fourth-order valence-corrected chi connectivity index (χ4v) is 2.76. The summed E-state index contributed by atoms with van der Waals surface area (Å²) in [6.07, 6.45) is 3.61. The molecule has 0 aliphatic carbocycles. The van der Waals surface area contributed by atoms with E-state index in [0.717, 1.165) is 3.79 Å². The van der Waals surface area contributed by atoms with Crippen molar-refractivity contribution in [2.24, 2.45) is 0 Å². The molecule has 0 saturated carbocycles. The maximum absolute atomic E-state index is 11.8. The molecule has 2 rings (SSSR count). The Bertz CT molecular complexity index is 495. The van der Waals surface area contributed by atoms with E-state index in [4.69, 9.17) is 0 Å². The molecule has 0 aliphatic heterocycles. The van der Waals surface area contributed by atoms with Crippen LogP contribution in [0, 0.1) is 0 Å². The molecule has 0 spiro atoms. The molecule has 0 bridgehead atoms. The van der Waals surface area contributed by atoms with Gasteiger partial charge in [-0.2, -0.15) is 5.10 Å². The van der Waals surface area contributed by atoms with Crippen LogP contribution in [-0.2, 0) is 6.54 Å². The van der Waals surface area contributed by atoms with Crippen molar-refractivity contribution in [2.75, 3.05) is 0 Å². The van der Waals surface area contributed by atoms with E-state index in [1.54, 1.807) is 10.9 Å². The van der Waals surface area contributed by atoms with Crippen LogP contribution in [0.1, 0.15) is 16.6 Å². The number of rotatable bonds is 4. The van der Waals surface area contributed by atoms with Gasteiger partial charge in [-0.1, -0.05) is 0 Å². The number of halogens is 1. The Balaban J connectivity index is 1.90. The first-order valence-electron chi connectivity index (χ1n) is 5.19. The normalized spacial score (nSPS) is 12.4. The number of hydrogen-bond donors (Lipinski definition) is 1. The van der Waals surface area contributed by atoms with Gasteiger partial charge in [0, 0.05) is 18.4 Å². The molecule has 2 heterocycles. The van der Waals surface area contributed by atoms with Gasteiger partial charge in [-0.15, -0.1) is 11.3 Å². The van der Waals surface area contributed by atoms with Gasteiger partial charge in [0.15, 0.2) is 0 Å². The molecule has 4 nitrogen and oxygen atoms in total. The Hall–Kier alpha value is -1.14. The Labute approximate surface area is 112 Å². The number of thiophene rings is 1. The average Bonchev–Trinajstić information content (AvgIpc) is 2.89. The topological polar surface area (TPSA) is 46.9 Å². The molecule has 17 heavy (non-hydrogen) atoms. The zero-order valence-electron chi connectivity index (χ0n) is 9.26. The van der Waals surface area contributed by atoms with Crippen LogP contribution in [0.2, 0.25) is 0 Å². The number of hydrogen-bond acceptors (Lipinski definition) is 3. The van der Waals surface area contributed by atoms with Gasteiger partial charge in [-0.25, -0.2) is 0 Å². The van der Waals surface area contributed by atoms with Crippen molar-refractivity contribution in [1.82, 2.24) is 15.1 Å². The molecular formula is C11H12BrN3OS. The van der Waals surface area contributed by atoms with E-state index in [9.17, 15) is 4.79 Å². The zero-order valence-corrected chi connectivity index (χ0v) is 11.7. The number of carbonyl (C=O) groups is 1. The minimum Gasteiger partial charge on any atom is -0.347 e. The van der Waals surface area contributed by atoms with Gasteiger partial charge in [-0.05, 0) is 41.1 Å². The molecule has 6 heteroatoms. The Morgan fingerprint density at radius 2 is 2.47 bits per heavy atom. The molecule has 0 saturated heterocycles. The van der Waals surface area contributed by atoms with Crippen LogP contribution in [0.15, 0.2) is 34.4 Å². The van der Waals surface area contributed by atoms with Crippen molar-refractivity contribution in [1.29, 1.82) is 0 Å². The summed E-state index contributed by atoms with van der Waals surface area (Å²) in [5, 5.41) is 7.04. The number of carbonyl (C=O) groups excluding carboxylic acids is 1. The summed E-state index contributed by atoms with van der Waals surface area (Å²) in [5.41, 5.74) is 0. The molecule has 0 fully saturated rings. The van der Waals surface area contributed by atoms with Crippen molar-refractivity contribution >= 4 is 33.2 Å². The summed E-state index contributed by atoms with van der Waals surface area (Å²) in [6.45, 7) is 2.63. The molecule has 1 unspecified atom stereocenters. The van der Waals surface area contributed by atoms with Crippen molar-refractivity contribution in [3.05, 3.63) is 39.3 Å². The summed E-state index contributed by atoms with van der Waals surface area (Å²) < 4.78 is 2.76. The summed E-state index contributed by atoms with van der Waals surface area (Å²) in [7, 11) is 0. The van der Waals surface area contributed by atoms with Gasteiger partial charge >= 0.3 is 0 Å². The highest BCUT2D eigenvalue weighted by atomic mass is 79.9. The van der Waals surface area contributed by atoms with Crippen molar-refractivity contribution in [3.8, 4) is 0 Å². The Morgan fingerprint density at radius 3 is 3.06 bits per heavy atom. The van der Waals surface area contributed by atoms with Crippen LogP contribution in [0.4, 0.5) is 0 Å². The van der Waals surface area contributed by atoms with E-state index in [2.05, 4.69) is 26.3 Å². The Morgan fingerprint density at radius 1 is 1.65 bits per heavy atom. The molecule has 0 radical (unpaired) electrons. The van der Waals surface area contributed by atoms with Gasteiger partial charge < -0.3 is 5.32 Å². The number of nitrogens with one attached hydrogen (secondary N) is 1. The van der Waals surface area contributed by atoms with Gasteiger partial charge in [0.05, 0.1) is 15.2 Å². The highest BCUT2D eigenvalue weighted by molar-refractivity contribution is 9.11. The average molecular weight is 314 g/mol. The van der Waals surface area contributed by atoms with E-state index >= 15 is 0 Å². The highest BCUT2D eigenvalue weighted by Gasteiger charge is 2.12. The lowest BCUT2D eigenvalue weighted by molar-refractivity contribution is 0.0940. The van der Waals surface area contributed by atoms with Crippen molar-refractivity contribution < 1.29 is 4.79 Å². The van der Waals surface area contributed by atoms with Crippen molar-refractivity contribution in [3.63, 3.8) is 0 Å². The molecule has 2 aromatic heterocycles. The largest absolute Gasteiger partial charge is 0.347 e. The van der Waals surface area contributed by atoms with E-state index in [-0.39, 0.29) is 11.9 Å². The van der Waals surface area contributed by atoms with E-state index < -0.39 is 0 Å². The lowest BCUT2D eigenvalue weighted by Crippen LogP contribution is -2.35. The van der Waals surface area contributed by atoms with Crippen molar-refractivity contribution in [2.45, 2.75) is 19.5 Å². The molecular weight excluding hydrogens is 302 g/mol. The Kier molecular flexibility index (Phi) is 3.96. The van der Waals surface area contributed by atoms with Crippen LogP contribution < -0.4 is 5.32 Å². The lowest BCUT2D eigenvalue weighted by Gasteiger charge is -2.13. The van der Waals surface area contributed by atoms with E-state index in [1.807, 2.05) is 31.3 Å². The first-order valence-corrected chi connectivity index (χ1v) is 6.80. The highest BCUT2D eigenvalue weighted by Crippen LogP contribution is 2.21. The third kappa shape index (κ3) is 3.41. The lowest BCUT2D eigenvalue weighted by atomic mass is 10.3. The predicted molar refractivity (Wildman–Crippen MR) is 71.2 cm³/mol. The molecule has 0 aromatic carbocycles. The quantitative estimate of drug-likeness (QED) is 0.943. The molecule has 2 aromatic rings. The fraction of sp³-hybridized carbons (Fsp3) is 0.273. The number of aromatic nitrogens is 2. The van der Waals surface area contributed by atoms with Gasteiger partial charge in [0.2, 0.25) is 0 Å². The zero-order chi connectivity index (χ0) is 12.3. The standard InChI is InChI=1S/C11H12BrN3OS/c1-8(7-15-6-2-5-13-15)14-11(16)9-3-4-10(12)17-9/h2-6,8H,7H2,1H3,(H,14,16). The molecule has 1 N–H and O–H groups in total. The second kappa shape index (κ2) is 5.46. The fourth-order valence-electron chi connectivity index (χ4n) is 1.47. The maximum atomic E-state index is 11.8. The summed E-state index contributed by atoms with van der Waals surface area (Å²) in [5.74, 6) is -0.0413. The van der Waals surface area contributed by atoms with Gasteiger partial charge in [0.1, 0.15) is 0 Å². The molecule has 1 amide bonds. The van der Waals surface area contributed by atoms with Crippen LogP contribution in [0.25, 0.3) is 0 Å².